The lowest BCUT2D eigenvalue weighted by Gasteiger charge is -2.16. The van der Waals surface area contributed by atoms with Crippen LogP contribution in [-0.2, 0) is 4.79 Å². The number of hydrogen-bond acceptors (Lipinski definition) is 2. The van der Waals surface area contributed by atoms with Gasteiger partial charge in [-0.3, -0.25) is 4.79 Å². The number of rotatable bonds is 4. The van der Waals surface area contributed by atoms with Gasteiger partial charge >= 0.3 is 6.18 Å². The lowest BCUT2D eigenvalue weighted by Crippen LogP contribution is -2.42. The molecule has 0 aromatic heterocycles. The van der Waals surface area contributed by atoms with Gasteiger partial charge in [-0.1, -0.05) is 0 Å². The van der Waals surface area contributed by atoms with Crippen molar-refractivity contribution in [3.8, 4) is 0 Å². The molecular weight excluding hydrogens is 360 g/mol. The summed E-state index contributed by atoms with van der Waals surface area (Å²) in [6, 6.07) is 6.46. The van der Waals surface area contributed by atoms with Crippen molar-refractivity contribution < 1.29 is 18.0 Å². The van der Waals surface area contributed by atoms with Crippen molar-refractivity contribution in [1.29, 1.82) is 0 Å². The number of alkyl halides is 3. The molecule has 0 aliphatic rings. The summed E-state index contributed by atoms with van der Waals surface area (Å²) in [5.41, 5.74) is 0.685. The number of carbonyl (C=O) groups is 1. The first kappa shape index (κ1) is 15.1. The molecule has 0 bridgehead atoms. The number of amides is 1. The van der Waals surface area contributed by atoms with E-state index in [2.05, 4.69) is 27.9 Å². The Balaban J connectivity index is 2.47. The standard InChI is InChI=1S/C11H12F3IN2O/c1-7(10(18)16-6-11(12,13)14)17-9-4-2-8(15)3-5-9/h2-5,7,17H,6H2,1H3,(H,16,18). The molecule has 2 N–H and O–H groups in total. The minimum Gasteiger partial charge on any atom is -0.374 e. The maximum absolute atomic E-state index is 11.9. The van der Waals surface area contributed by atoms with Gasteiger partial charge in [-0.25, -0.2) is 0 Å². The second kappa shape index (κ2) is 6.26. The monoisotopic (exact) mass is 372 g/mol. The number of anilines is 1. The molecule has 1 aromatic rings. The number of halogens is 4. The molecule has 0 fully saturated rings. The van der Waals surface area contributed by atoms with Crippen LogP contribution in [0.2, 0.25) is 0 Å². The summed E-state index contributed by atoms with van der Waals surface area (Å²) in [5, 5.41) is 4.65. The third kappa shape index (κ3) is 5.56. The fourth-order valence-corrected chi connectivity index (χ4v) is 1.56. The molecule has 0 spiro atoms. The molecule has 1 amide bonds. The highest BCUT2D eigenvalue weighted by molar-refractivity contribution is 14.1. The Morgan fingerprint density at radius 2 is 1.89 bits per heavy atom. The second-order valence-corrected chi connectivity index (χ2v) is 4.95. The largest absolute Gasteiger partial charge is 0.405 e. The van der Waals surface area contributed by atoms with Crippen LogP contribution in [0.5, 0.6) is 0 Å². The molecule has 1 atom stereocenters. The van der Waals surface area contributed by atoms with E-state index >= 15 is 0 Å². The van der Waals surface area contributed by atoms with Crippen molar-refractivity contribution >= 4 is 34.2 Å². The topological polar surface area (TPSA) is 41.1 Å². The van der Waals surface area contributed by atoms with Gasteiger partial charge in [0.25, 0.3) is 0 Å². The van der Waals surface area contributed by atoms with E-state index in [1.165, 1.54) is 6.92 Å². The summed E-state index contributed by atoms with van der Waals surface area (Å²) in [4.78, 5) is 11.4. The Hall–Kier alpha value is -0.990. The lowest BCUT2D eigenvalue weighted by molar-refractivity contribution is -0.138. The van der Waals surface area contributed by atoms with Gasteiger partial charge in [0.2, 0.25) is 5.91 Å². The predicted octanol–water partition coefficient (Wildman–Crippen LogP) is 2.77. The Morgan fingerprint density at radius 1 is 1.33 bits per heavy atom. The van der Waals surface area contributed by atoms with Crippen LogP contribution in [0.4, 0.5) is 18.9 Å². The molecule has 3 nitrogen and oxygen atoms in total. The highest BCUT2D eigenvalue weighted by Crippen LogP contribution is 2.14. The third-order valence-electron chi connectivity index (χ3n) is 2.08. The first-order chi connectivity index (χ1) is 8.28. The van der Waals surface area contributed by atoms with Crippen molar-refractivity contribution in [3.63, 3.8) is 0 Å². The van der Waals surface area contributed by atoms with Gasteiger partial charge < -0.3 is 10.6 Å². The average Bonchev–Trinajstić information content (AvgIpc) is 2.28. The van der Waals surface area contributed by atoms with Crippen LogP contribution in [0.1, 0.15) is 6.92 Å². The minimum absolute atomic E-state index is 0.685. The van der Waals surface area contributed by atoms with E-state index in [4.69, 9.17) is 0 Å². The van der Waals surface area contributed by atoms with Crippen LogP contribution in [0.3, 0.4) is 0 Å². The zero-order chi connectivity index (χ0) is 13.8. The molecular formula is C11H12F3IN2O. The lowest BCUT2D eigenvalue weighted by atomic mass is 10.2. The van der Waals surface area contributed by atoms with E-state index in [-0.39, 0.29) is 0 Å². The highest BCUT2D eigenvalue weighted by Gasteiger charge is 2.28. The first-order valence-electron chi connectivity index (χ1n) is 5.14. The van der Waals surface area contributed by atoms with Crippen molar-refractivity contribution in [1.82, 2.24) is 5.32 Å². The van der Waals surface area contributed by atoms with E-state index in [1.54, 1.807) is 12.1 Å². The van der Waals surface area contributed by atoms with E-state index < -0.39 is 24.7 Å². The van der Waals surface area contributed by atoms with E-state index in [1.807, 2.05) is 17.4 Å². The summed E-state index contributed by atoms with van der Waals surface area (Å²) in [6.07, 6.45) is -4.39. The number of hydrogen-bond donors (Lipinski definition) is 2. The number of benzene rings is 1. The molecule has 7 heteroatoms. The van der Waals surface area contributed by atoms with Crippen molar-refractivity contribution in [2.45, 2.75) is 19.1 Å². The summed E-state index contributed by atoms with van der Waals surface area (Å²) in [6.45, 7) is 0.189. The molecule has 1 aromatic carbocycles. The Kier molecular flexibility index (Phi) is 5.24. The van der Waals surface area contributed by atoms with Gasteiger partial charge in [0.05, 0.1) is 0 Å². The second-order valence-electron chi connectivity index (χ2n) is 3.71. The van der Waals surface area contributed by atoms with Crippen LogP contribution in [0.15, 0.2) is 24.3 Å². The maximum atomic E-state index is 11.9. The van der Waals surface area contributed by atoms with Crippen LogP contribution in [0, 0.1) is 3.57 Å². The van der Waals surface area contributed by atoms with Crippen LogP contribution >= 0.6 is 22.6 Å². The van der Waals surface area contributed by atoms with Crippen LogP contribution in [0.25, 0.3) is 0 Å². The molecule has 0 saturated heterocycles. The summed E-state index contributed by atoms with van der Waals surface area (Å²) >= 11 is 2.13. The van der Waals surface area contributed by atoms with Crippen molar-refractivity contribution in [3.05, 3.63) is 27.8 Å². The van der Waals surface area contributed by atoms with Gasteiger partial charge in [0, 0.05) is 9.26 Å². The molecule has 0 saturated carbocycles. The molecule has 0 aliphatic heterocycles. The zero-order valence-corrected chi connectivity index (χ0v) is 11.7. The van der Waals surface area contributed by atoms with Crippen molar-refractivity contribution in [2.24, 2.45) is 0 Å². The highest BCUT2D eigenvalue weighted by atomic mass is 127. The maximum Gasteiger partial charge on any atom is 0.405 e. The van der Waals surface area contributed by atoms with Crippen LogP contribution in [-0.4, -0.2) is 24.7 Å². The van der Waals surface area contributed by atoms with Crippen molar-refractivity contribution in [2.75, 3.05) is 11.9 Å². The minimum atomic E-state index is -4.39. The average molecular weight is 372 g/mol. The zero-order valence-electron chi connectivity index (χ0n) is 9.51. The normalized spacial score (nSPS) is 12.9. The van der Waals surface area contributed by atoms with Gasteiger partial charge in [0.1, 0.15) is 12.6 Å². The van der Waals surface area contributed by atoms with E-state index in [0.29, 0.717) is 5.69 Å². The van der Waals surface area contributed by atoms with Gasteiger partial charge in [0.15, 0.2) is 0 Å². The SMILES string of the molecule is CC(Nc1ccc(I)cc1)C(=O)NCC(F)(F)F. The molecule has 100 valence electrons. The molecule has 18 heavy (non-hydrogen) atoms. The molecule has 0 heterocycles. The summed E-state index contributed by atoms with van der Waals surface area (Å²) < 4.78 is 36.8. The number of carbonyl (C=O) groups excluding carboxylic acids is 1. The van der Waals surface area contributed by atoms with E-state index in [0.717, 1.165) is 3.57 Å². The van der Waals surface area contributed by atoms with E-state index in [9.17, 15) is 18.0 Å². The third-order valence-corrected chi connectivity index (χ3v) is 2.80. The molecule has 0 aliphatic carbocycles. The van der Waals surface area contributed by atoms with Gasteiger partial charge in [-0.05, 0) is 53.8 Å². The quantitative estimate of drug-likeness (QED) is 0.799. The Bertz CT molecular complexity index is 406. The smallest absolute Gasteiger partial charge is 0.374 e. The Morgan fingerprint density at radius 3 is 2.39 bits per heavy atom. The molecule has 0 radical (unpaired) electrons. The fourth-order valence-electron chi connectivity index (χ4n) is 1.20. The first-order valence-corrected chi connectivity index (χ1v) is 6.22. The summed E-state index contributed by atoms with van der Waals surface area (Å²) in [7, 11) is 0. The molecule has 1 rings (SSSR count). The van der Waals surface area contributed by atoms with Crippen LogP contribution < -0.4 is 10.6 Å². The fraction of sp³-hybridized carbons (Fsp3) is 0.364. The number of nitrogens with one attached hydrogen (secondary N) is 2. The van der Waals surface area contributed by atoms with Gasteiger partial charge in [-0.2, -0.15) is 13.2 Å². The Labute approximate surface area is 116 Å². The van der Waals surface area contributed by atoms with Gasteiger partial charge in [-0.15, -0.1) is 0 Å². The predicted molar refractivity (Wildman–Crippen MR) is 71.3 cm³/mol. The summed E-state index contributed by atoms with van der Waals surface area (Å²) in [5.74, 6) is -0.689. The molecule has 1 unspecified atom stereocenters.